The highest BCUT2D eigenvalue weighted by atomic mass is 35.5. The van der Waals surface area contributed by atoms with Crippen LogP contribution in [0.15, 0.2) is 30.3 Å². The van der Waals surface area contributed by atoms with E-state index in [0.717, 1.165) is 22.0 Å². The summed E-state index contributed by atoms with van der Waals surface area (Å²) in [5, 5.41) is 5.11. The molecule has 0 aliphatic heterocycles. The van der Waals surface area contributed by atoms with Crippen molar-refractivity contribution in [3.05, 3.63) is 41.0 Å². The van der Waals surface area contributed by atoms with Crippen LogP contribution in [0.5, 0.6) is 0 Å². The Bertz CT molecular complexity index is 459. The third-order valence-electron chi connectivity index (χ3n) is 2.33. The number of nitrogens with two attached hydrogens (primary N) is 1. The van der Waals surface area contributed by atoms with E-state index < -0.39 is 0 Å². The fraction of sp³-hybridized carbons (Fsp3) is 0.182. The SMILES string of the molecule is Cn1nc(-c2ccc(Cl)cc2)cc1CN. The first-order valence-corrected chi connectivity index (χ1v) is 5.07. The Morgan fingerprint density at radius 1 is 1.33 bits per heavy atom. The maximum atomic E-state index is 5.82. The van der Waals surface area contributed by atoms with Gasteiger partial charge in [0.05, 0.1) is 11.4 Å². The summed E-state index contributed by atoms with van der Waals surface area (Å²) in [6.07, 6.45) is 0. The van der Waals surface area contributed by atoms with E-state index in [1.54, 1.807) is 4.68 Å². The molecule has 2 N–H and O–H groups in total. The normalized spacial score (nSPS) is 10.6. The highest BCUT2D eigenvalue weighted by Crippen LogP contribution is 2.20. The van der Waals surface area contributed by atoms with Gasteiger partial charge in [0, 0.05) is 24.2 Å². The minimum Gasteiger partial charge on any atom is -0.325 e. The molecule has 2 aromatic rings. The smallest absolute Gasteiger partial charge is 0.0926 e. The molecular formula is C11H12ClN3. The van der Waals surface area contributed by atoms with E-state index in [4.69, 9.17) is 17.3 Å². The highest BCUT2D eigenvalue weighted by molar-refractivity contribution is 6.30. The molecule has 1 aromatic carbocycles. The molecule has 1 heterocycles. The minimum atomic E-state index is 0.497. The van der Waals surface area contributed by atoms with Crippen molar-refractivity contribution >= 4 is 11.6 Å². The number of aromatic nitrogens is 2. The van der Waals surface area contributed by atoms with Crippen molar-refractivity contribution in [2.45, 2.75) is 6.54 Å². The first-order chi connectivity index (χ1) is 7.20. The van der Waals surface area contributed by atoms with Gasteiger partial charge in [-0.05, 0) is 18.2 Å². The lowest BCUT2D eigenvalue weighted by atomic mass is 10.1. The molecule has 0 radical (unpaired) electrons. The summed E-state index contributed by atoms with van der Waals surface area (Å²) in [6.45, 7) is 0.497. The molecule has 0 saturated heterocycles. The molecule has 0 amide bonds. The quantitative estimate of drug-likeness (QED) is 0.845. The monoisotopic (exact) mass is 221 g/mol. The molecule has 0 saturated carbocycles. The number of hydrogen-bond acceptors (Lipinski definition) is 2. The molecule has 0 spiro atoms. The molecule has 0 atom stereocenters. The molecule has 2 rings (SSSR count). The lowest BCUT2D eigenvalue weighted by Gasteiger charge is -1.95. The van der Waals surface area contributed by atoms with Crippen LogP contribution in [0.4, 0.5) is 0 Å². The van der Waals surface area contributed by atoms with Crippen molar-refractivity contribution in [2.24, 2.45) is 12.8 Å². The van der Waals surface area contributed by atoms with Gasteiger partial charge >= 0.3 is 0 Å². The second-order valence-corrected chi connectivity index (χ2v) is 3.79. The summed E-state index contributed by atoms with van der Waals surface area (Å²) in [6, 6.07) is 9.60. The van der Waals surface area contributed by atoms with E-state index in [1.165, 1.54) is 0 Å². The highest BCUT2D eigenvalue weighted by Gasteiger charge is 2.05. The van der Waals surface area contributed by atoms with Gasteiger partial charge in [-0.25, -0.2) is 0 Å². The number of halogens is 1. The van der Waals surface area contributed by atoms with Gasteiger partial charge in [0.2, 0.25) is 0 Å². The van der Waals surface area contributed by atoms with Crippen LogP contribution in [0.25, 0.3) is 11.3 Å². The Labute approximate surface area is 93.5 Å². The first kappa shape index (κ1) is 10.2. The summed E-state index contributed by atoms with van der Waals surface area (Å²) in [4.78, 5) is 0. The molecule has 1 aromatic heterocycles. The summed E-state index contributed by atoms with van der Waals surface area (Å²) >= 11 is 5.82. The van der Waals surface area contributed by atoms with E-state index in [0.29, 0.717) is 6.54 Å². The van der Waals surface area contributed by atoms with Gasteiger partial charge in [-0.15, -0.1) is 0 Å². The zero-order valence-electron chi connectivity index (χ0n) is 8.44. The van der Waals surface area contributed by atoms with E-state index in [1.807, 2.05) is 37.4 Å². The Morgan fingerprint density at radius 2 is 2.00 bits per heavy atom. The van der Waals surface area contributed by atoms with E-state index in [9.17, 15) is 0 Å². The van der Waals surface area contributed by atoms with Crippen LogP contribution in [0.3, 0.4) is 0 Å². The Hall–Kier alpha value is -1.32. The van der Waals surface area contributed by atoms with Crippen LogP contribution in [0.2, 0.25) is 5.02 Å². The molecule has 0 unspecified atom stereocenters. The summed E-state index contributed by atoms with van der Waals surface area (Å²) in [5.74, 6) is 0. The molecule has 15 heavy (non-hydrogen) atoms. The topological polar surface area (TPSA) is 43.8 Å². The Morgan fingerprint density at radius 3 is 2.53 bits per heavy atom. The first-order valence-electron chi connectivity index (χ1n) is 4.69. The van der Waals surface area contributed by atoms with E-state index >= 15 is 0 Å². The molecule has 3 nitrogen and oxygen atoms in total. The van der Waals surface area contributed by atoms with E-state index in [2.05, 4.69) is 5.10 Å². The van der Waals surface area contributed by atoms with Crippen molar-refractivity contribution in [3.8, 4) is 11.3 Å². The molecule has 4 heteroatoms. The zero-order chi connectivity index (χ0) is 10.8. The van der Waals surface area contributed by atoms with Gasteiger partial charge in [0.15, 0.2) is 0 Å². The van der Waals surface area contributed by atoms with Crippen molar-refractivity contribution in [1.82, 2.24) is 9.78 Å². The fourth-order valence-corrected chi connectivity index (χ4v) is 1.58. The Balaban J connectivity index is 2.41. The van der Waals surface area contributed by atoms with Crippen molar-refractivity contribution < 1.29 is 0 Å². The van der Waals surface area contributed by atoms with Gasteiger partial charge in [-0.3, -0.25) is 4.68 Å². The number of rotatable bonds is 2. The van der Waals surface area contributed by atoms with Crippen molar-refractivity contribution in [1.29, 1.82) is 0 Å². The van der Waals surface area contributed by atoms with Gasteiger partial charge in [-0.2, -0.15) is 5.10 Å². The van der Waals surface area contributed by atoms with Crippen LogP contribution in [-0.2, 0) is 13.6 Å². The lowest BCUT2D eigenvalue weighted by Crippen LogP contribution is -2.03. The third kappa shape index (κ3) is 2.03. The van der Waals surface area contributed by atoms with E-state index in [-0.39, 0.29) is 0 Å². The number of benzene rings is 1. The molecule has 78 valence electrons. The predicted octanol–water partition coefficient (Wildman–Crippen LogP) is 2.20. The second-order valence-electron chi connectivity index (χ2n) is 3.36. The standard InChI is InChI=1S/C11H12ClN3/c1-15-10(7-13)6-11(14-15)8-2-4-9(12)5-3-8/h2-6H,7,13H2,1H3. The largest absolute Gasteiger partial charge is 0.325 e. The lowest BCUT2D eigenvalue weighted by molar-refractivity contribution is 0.714. The molecule has 0 bridgehead atoms. The predicted molar refractivity (Wildman–Crippen MR) is 61.5 cm³/mol. The molecular weight excluding hydrogens is 210 g/mol. The number of hydrogen-bond donors (Lipinski definition) is 1. The van der Waals surface area contributed by atoms with Crippen LogP contribution < -0.4 is 5.73 Å². The van der Waals surface area contributed by atoms with Gasteiger partial charge in [0.25, 0.3) is 0 Å². The van der Waals surface area contributed by atoms with Crippen LogP contribution in [-0.4, -0.2) is 9.78 Å². The van der Waals surface area contributed by atoms with Gasteiger partial charge in [0.1, 0.15) is 0 Å². The molecule has 0 aliphatic carbocycles. The molecule has 0 aliphatic rings. The Kier molecular flexibility index (Phi) is 2.75. The van der Waals surface area contributed by atoms with Crippen LogP contribution >= 0.6 is 11.6 Å². The maximum Gasteiger partial charge on any atom is 0.0926 e. The third-order valence-corrected chi connectivity index (χ3v) is 2.58. The van der Waals surface area contributed by atoms with Crippen LogP contribution in [0, 0.1) is 0 Å². The van der Waals surface area contributed by atoms with Gasteiger partial charge in [-0.1, -0.05) is 23.7 Å². The average molecular weight is 222 g/mol. The maximum absolute atomic E-state index is 5.82. The number of aryl methyl sites for hydroxylation is 1. The summed E-state index contributed by atoms with van der Waals surface area (Å²) in [7, 11) is 1.89. The zero-order valence-corrected chi connectivity index (χ0v) is 9.20. The summed E-state index contributed by atoms with van der Waals surface area (Å²) in [5.41, 5.74) is 8.57. The second kappa shape index (κ2) is 4.04. The van der Waals surface area contributed by atoms with Gasteiger partial charge < -0.3 is 5.73 Å². The molecule has 0 fully saturated rings. The minimum absolute atomic E-state index is 0.497. The average Bonchev–Trinajstić information content (AvgIpc) is 2.61. The fourth-order valence-electron chi connectivity index (χ4n) is 1.46. The van der Waals surface area contributed by atoms with Crippen molar-refractivity contribution in [3.63, 3.8) is 0 Å². The van der Waals surface area contributed by atoms with Crippen LogP contribution in [0.1, 0.15) is 5.69 Å². The van der Waals surface area contributed by atoms with Crippen molar-refractivity contribution in [2.75, 3.05) is 0 Å². The summed E-state index contributed by atoms with van der Waals surface area (Å²) < 4.78 is 1.80. The number of nitrogens with zero attached hydrogens (tertiary/aromatic N) is 2.